The Labute approximate surface area is 250 Å². The van der Waals surface area contributed by atoms with Crippen molar-refractivity contribution in [3.05, 3.63) is 113 Å². The SMILES string of the molecule is COc1ccccc1N1CCN(C(=O)c2ccc(N[C@H]3c4ccccc4C(=O)N3Cc3ccc4c(c3)OCO4)cc2)CC1. The van der Waals surface area contributed by atoms with Gasteiger partial charge in [-0.25, -0.2) is 0 Å². The Morgan fingerprint density at radius 1 is 0.884 bits per heavy atom. The van der Waals surface area contributed by atoms with Crippen LogP contribution in [-0.2, 0) is 6.54 Å². The fraction of sp³-hybridized carbons (Fsp3) is 0.235. The number of ether oxygens (including phenoxy) is 3. The summed E-state index contributed by atoms with van der Waals surface area (Å²) in [7, 11) is 1.68. The van der Waals surface area contributed by atoms with Crippen LogP contribution in [0.3, 0.4) is 0 Å². The first kappa shape index (κ1) is 26.7. The van der Waals surface area contributed by atoms with E-state index in [1.807, 2.05) is 94.7 Å². The molecule has 0 aliphatic carbocycles. The van der Waals surface area contributed by atoms with Gasteiger partial charge in [0.1, 0.15) is 11.9 Å². The summed E-state index contributed by atoms with van der Waals surface area (Å²) in [6.07, 6.45) is -0.362. The molecule has 4 aromatic rings. The molecule has 1 atom stereocenters. The Morgan fingerprint density at radius 2 is 1.63 bits per heavy atom. The number of carbonyl (C=O) groups is 2. The lowest BCUT2D eigenvalue weighted by Crippen LogP contribution is -2.48. The molecule has 0 aromatic heterocycles. The summed E-state index contributed by atoms with van der Waals surface area (Å²) in [6, 6.07) is 28.9. The summed E-state index contributed by atoms with van der Waals surface area (Å²) in [5, 5.41) is 3.54. The van der Waals surface area contributed by atoms with Crippen LogP contribution in [0.4, 0.5) is 11.4 Å². The minimum absolute atomic E-state index is 0.0112. The first-order valence-corrected chi connectivity index (χ1v) is 14.4. The Balaban J connectivity index is 1.04. The second kappa shape index (κ2) is 11.2. The molecule has 4 aromatic carbocycles. The van der Waals surface area contributed by atoms with E-state index in [0.717, 1.165) is 41.3 Å². The number of piperazine rings is 1. The van der Waals surface area contributed by atoms with Crippen molar-refractivity contribution in [2.45, 2.75) is 12.7 Å². The highest BCUT2D eigenvalue weighted by atomic mass is 16.7. The van der Waals surface area contributed by atoms with Crippen molar-refractivity contribution in [2.75, 3.05) is 50.3 Å². The number of benzene rings is 4. The lowest BCUT2D eigenvalue weighted by Gasteiger charge is -2.36. The number of anilines is 2. The molecule has 2 amide bonds. The van der Waals surface area contributed by atoms with Crippen molar-refractivity contribution >= 4 is 23.2 Å². The van der Waals surface area contributed by atoms with Crippen LogP contribution in [-0.4, -0.2) is 61.7 Å². The first-order valence-electron chi connectivity index (χ1n) is 14.4. The third kappa shape index (κ3) is 5.07. The number of nitrogens with zero attached hydrogens (tertiary/aromatic N) is 3. The van der Waals surface area contributed by atoms with E-state index >= 15 is 0 Å². The maximum atomic E-state index is 13.5. The number of nitrogens with one attached hydrogen (secondary N) is 1. The van der Waals surface area contributed by atoms with Gasteiger partial charge >= 0.3 is 0 Å². The molecule has 1 fully saturated rings. The average Bonchev–Trinajstić information content (AvgIpc) is 3.63. The lowest BCUT2D eigenvalue weighted by molar-refractivity contribution is 0.0726. The largest absolute Gasteiger partial charge is 0.495 e. The molecule has 0 saturated carbocycles. The zero-order chi connectivity index (χ0) is 29.3. The molecular weight excluding hydrogens is 544 g/mol. The summed E-state index contributed by atoms with van der Waals surface area (Å²) >= 11 is 0. The van der Waals surface area contributed by atoms with E-state index in [1.54, 1.807) is 7.11 Å². The normalized spacial score (nSPS) is 17.2. The van der Waals surface area contributed by atoms with Gasteiger partial charge in [0, 0.05) is 55.1 Å². The van der Waals surface area contributed by atoms with Crippen LogP contribution in [0.15, 0.2) is 91.0 Å². The number of rotatable bonds is 7. The first-order chi connectivity index (χ1) is 21.1. The van der Waals surface area contributed by atoms with Gasteiger partial charge in [-0.3, -0.25) is 9.59 Å². The van der Waals surface area contributed by atoms with E-state index in [0.29, 0.717) is 42.3 Å². The molecule has 1 saturated heterocycles. The number of hydrogen-bond acceptors (Lipinski definition) is 7. The highest BCUT2D eigenvalue weighted by molar-refractivity contribution is 5.99. The van der Waals surface area contributed by atoms with Gasteiger partial charge < -0.3 is 34.2 Å². The smallest absolute Gasteiger partial charge is 0.256 e. The summed E-state index contributed by atoms with van der Waals surface area (Å²) in [4.78, 5) is 32.8. The third-order valence-corrected chi connectivity index (χ3v) is 8.28. The van der Waals surface area contributed by atoms with Gasteiger partial charge in [-0.2, -0.15) is 0 Å². The van der Waals surface area contributed by atoms with E-state index in [-0.39, 0.29) is 24.8 Å². The van der Waals surface area contributed by atoms with E-state index < -0.39 is 0 Å². The van der Waals surface area contributed by atoms with Gasteiger partial charge in [-0.1, -0.05) is 36.4 Å². The topological polar surface area (TPSA) is 83.6 Å². The van der Waals surface area contributed by atoms with E-state index in [2.05, 4.69) is 16.3 Å². The number of fused-ring (bicyclic) bond motifs is 2. The van der Waals surface area contributed by atoms with Crippen molar-refractivity contribution in [2.24, 2.45) is 0 Å². The predicted octanol–water partition coefficient (Wildman–Crippen LogP) is 5.15. The standard InChI is InChI=1S/C34H32N4O5/c1-41-29-9-5-4-8-28(29)36-16-18-37(19-17-36)33(39)24-11-13-25(14-12-24)35-32-26-6-2-3-7-27(26)34(40)38(32)21-23-10-15-30-31(20-23)43-22-42-30/h2-15,20,32,35H,16-19,21-22H2,1H3/t32-/m1/s1. The average molecular weight is 577 g/mol. The van der Waals surface area contributed by atoms with Crippen molar-refractivity contribution in [1.29, 1.82) is 0 Å². The molecule has 0 spiro atoms. The molecule has 7 rings (SSSR count). The summed E-state index contributed by atoms with van der Waals surface area (Å²) < 4.78 is 16.5. The highest BCUT2D eigenvalue weighted by Gasteiger charge is 2.36. The molecule has 43 heavy (non-hydrogen) atoms. The van der Waals surface area contributed by atoms with Crippen molar-refractivity contribution < 1.29 is 23.8 Å². The van der Waals surface area contributed by atoms with Crippen LogP contribution in [0.2, 0.25) is 0 Å². The molecule has 3 heterocycles. The third-order valence-electron chi connectivity index (χ3n) is 8.28. The van der Waals surface area contributed by atoms with Gasteiger partial charge in [0.15, 0.2) is 11.5 Å². The molecule has 1 N–H and O–H groups in total. The second-order valence-electron chi connectivity index (χ2n) is 10.8. The van der Waals surface area contributed by atoms with Gasteiger partial charge in [-0.15, -0.1) is 0 Å². The fourth-order valence-electron chi connectivity index (χ4n) is 6.02. The molecular formula is C34H32N4O5. The van der Waals surface area contributed by atoms with Crippen LogP contribution in [0.25, 0.3) is 0 Å². The van der Waals surface area contributed by atoms with E-state index in [4.69, 9.17) is 14.2 Å². The quantitative estimate of drug-likeness (QED) is 0.326. The second-order valence-corrected chi connectivity index (χ2v) is 10.8. The minimum atomic E-state index is -0.362. The summed E-state index contributed by atoms with van der Waals surface area (Å²) in [5.41, 5.74) is 5.05. The lowest BCUT2D eigenvalue weighted by atomic mass is 10.1. The molecule has 3 aliphatic heterocycles. The van der Waals surface area contributed by atoms with Crippen molar-refractivity contribution in [3.8, 4) is 17.2 Å². The Hall–Kier alpha value is -5.18. The van der Waals surface area contributed by atoms with Crippen molar-refractivity contribution in [1.82, 2.24) is 9.80 Å². The van der Waals surface area contributed by atoms with Crippen LogP contribution in [0.1, 0.15) is 38.0 Å². The van der Waals surface area contributed by atoms with Gasteiger partial charge in [-0.05, 0) is 60.2 Å². The number of carbonyl (C=O) groups excluding carboxylic acids is 2. The molecule has 3 aliphatic rings. The van der Waals surface area contributed by atoms with Crippen LogP contribution >= 0.6 is 0 Å². The molecule has 218 valence electrons. The van der Waals surface area contributed by atoms with Crippen LogP contribution in [0.5, 0.6) is 17.2 Å². The van der Waals surface area contributed by atoms with Crippen LogP contribution in [0, 0.1) is 0 Å². The zero-order valence-electron chi connectivity index (χ0n) is 23.9. The number of methoxy groups -OCH3 is 1. The Morgan fingerprint density at radius 3 is 2.44 bits per heavy atom. The van der Waals surface area contributed by atoms with E-state index in [9.17, 15) is 9.59 Å². The highest BCUT2D eigenvalue weighted by Crippen LogP contribution is 2.38. The van der Waals surface area contributed by atoms with E-state index in [1.165, 1.54) is 0 Å². The Bertz CT molecular complexity index is 1670. The van der Waals surface area contributed by atoms with Crippen LogP contribution < -0.4 is 24.4 Å². The fourth-order valence-corrected chi connectivity index (χ4v) is 6.02. The van der Waals surface area contributed by atoms with Crippen molar-refractivity contribution in [3.63, 3.8) is 0 Å². The van der Waals surface area contributed by atoms with Gasteiger partial charge in [0.2, 0.25) is 6.79 Å². The molecule has 0 radical (unpaired) electrons. The Kier molecular flexibility index (Phi) is 6.98. The number of amides is 2. The molecule has 0 unspecified atom stereocenters. The molecule has 9 heteroatoms. The van der Waals surface area contributed by atoms with Gasteiger partial charge in [0.25, 0.3) is 11.8 Å². The summed E-state index contributed by atoms with van der Waals surface area (Å²) in [5.74, 6) is 2.21. The predicted molar refractivity (Wildman–Crippen MR) is 163 cm³/mol. The maximum Gasteiger partial charge on any atom is 0.256 e. The van der Waals surface area contributed by atoms with Gasteiger partial charge in [0.05, 0.1) is 12.8 Å². The minimum Gasteiger partial charge on any atom is -0.495 e. The number of hydrogen-bond donors (Lipinski definition) is 1. The molecule has 9 nitrogen and oxygen atoms in total. The number of para-hydroxylation sites is 2. The molecule has 0 bridgehead atoms. The maximum absolute atomic E-state index is 13.5. The zero-order valence-corrected chi connectivity index (χ0v) is 23.9. The summed E-state index contributed by atoms with van der Waals surface area (Å²) in [6.45, 7) is 3.34. The monoisotopic (exact) mass is 576 g/mol.